The lowest BCUT2D eigenvalue weighted by molar-refractivity contribution is -0.116. The van der Waals surface area contributed by atoms with E-state index in [1.165, 1.54) is 0 Å². The Morgan fingerprint density at radius 2 is 2.06 bits per heavy atom. The second kappa shape index (κ2) is 8.78. The highest BCUT2D eigenvalue weighted by Crippen LogP contribution is 2.34. The third kappa shape index (κ3) is 5.31. The topological polar surface area (TPSA) is 75.9 Å². The summed E-state index contributed by atoms with van der Waals surface area (Å²) in [6.07, 6.45) is 8.77. The summed E-state index contributed by atoms with van der Waals surface area (Å²) in [7, 11) is 0. The molecule has 2 aromatic rings. The van der Waals surface area contributed by atoms with Crippen LogP contribution >= 0.6 is 11.8 Å². The van der Waals surface area contributed by atoms with E-state index in [9.17, 15) is 9.59 Å². The van der Waals surface area contributed by atoms with Crippen LogP contribution < -0.4 is 5.32 Å². The van der Waals surface area contributed by atoms with E-state index < -0.39 is 5.60 Å². The summed E-state index contributed by atoms with van der Waals surface area (Å²) in [4.78, 5) is 31.6. The second-order valence-corrected chi connectivity index (χ2v) is 9.97. The van der Waals surface area contributed by atoms with Gasteiger partial charge in [-0.15, -0.1) is 0 Å². The Labute approximate surface area is 186 Å². The quantitative estimate of drug-likeness (QED) is 0.725. The van der Waals surface area contributed by atoms with Crippen LogP contribution in [0.5, 0.6) is 0 Å². The third-order valence-electron chi connectivity index (χ3n) is 5.26. The SMILES string of the molecule is CC(C)(C)OC(=O)N1CCC(CNC(=O)C=CC2=Cc3cnc4cccc(n34)S2)CC1. The molecule has 4 rings (SSSR count). The molecule has 4 heterocycles. The van der Waals surface area contributed by atoms with Gasteiger partial charge in [-0.2, -0.15) is 0 Å². The summed E-state index contributed by atoms with van der Waals surface area (Å²) in [5.74, 6) is 0.264. The zero-order valence-corrected chi connectivity index (χ0v) is 18.9. The molecule has 0 atom stereocenters. The first-order chi connectivity index (χ1) is 14.8. The lowest BCUT2D eigenvalue weighted by Crippen LogP contribution is -2.43. The molecule has 2 aliphatic heterocycles. The van der Waals surface area contributed by atoms with Gasteiger partial charge in [0.25, 0.3) is 0 Å². The molecular weight excluding hydrogens is 412 g/mol. The van der Waals surface area contributed by atoms with Crippen molar-refractivity contribution in [3.05, 3.63) is 47.1 Å². The Balaban J connectivity index is 1.24. The first kappa shape index (κ1) is 21.5. The monoisotopic (exact) mass is 440 g/mol. The number of aromatic nitrogens is 2. The molecule has 8 heteroatoms. The van der Waals surface area contributed by atoms with E-state index in [1.807, 2.05) is 57.3 Å². The van der Waals surface area contributed by atoms with E-state index in [0.29, 0.717) is 25.6 Å². The predicted molar refractivity (Wildman–Crippen MR) is 122 cm³/mol. The Hall–Kier alpha value is -2.74. The van der Waals surface area contributed by atoms with Crippen molar-refractivity contribution in [1.29, 1.82) is 0 Å². The van der Waals surface area contributed by atoms with Crippen LogP contribution in [0, 0.1) is 5.92 Å². The first-order valence-corrected chi connectivity index (χ1v) is 11.4. The smallest absolute Gasteiger partial charge is 0.410 e. The van der Waals surface area contributed by atoms with Crippen LogP contribution in [-0.4, -0.2) is 51.5 Å². The number of allylic oxidation sites excluding steroid dienone is 1. The van der Waals surface area contributed by atoms with E-state index in [2.05, 4.69) is 14.7 Å². The van der Waals surface area contributed by atoms with Crippen LogP contribution in [0.4, 0.5) is 4.79 Å². The number of carbonyl (C=O) groups excluding carboxylic acids is 2. The van der Waals surface area contributed by atoms with Gasteiger partial charge in [-0.05, 0) is 63.8 Å². The predicted octanol–water partition coefficient (Wildman–Crippen LogP) is 4.10. The average Bonchev–Trinajstić information content (AvgIpc) is 3.14. The molecule has 2 amide bonds. The summed E-state index contributed by atoms with van der Waals surface area (Å²) in [6, 6.07) is 6.02. The highest BCUT2D eigenvalue weighted by Gasteiger charge is 2.26. The van der Waals surface area contributed by atoms with Crippen molar-refractivity contribution >= 4 is 35.5 Å². The third-order valence-corrected chi connectivity index (χ3v) is 6.28. The normalized spacial score (nSPS) is 17.1. The molecule has 1 N–H and O–H groups in total. The number of nitrogens with one attached hydrogen (secondary N) is 1. The van der Waals surface area contributed by atoms with Crippen molar-refractivity contribution in [3.8, 4) is 0 Å². The van der Waals surface area contributed by atoms with Gasteiger partial charge in [-0.1, -0.05) is 17.8 Å². The molecule has 7 nitrogen and oxygen atoms in total. The molecule has 164 valence electrons. The number of ether oxygens (including phenoxy) is 1. The fourth-order valence-electron chi connectivity index (χ4n) is 3.70. The number of thioether (sulfide) groups is 1. The molecule has 0 spiro atoms. The molecule has 2 aromatic heterocycles. The molecule has 1 saturated heterocycles. The molecule has 2 aliphatic rings. The Morgan fingerprint density at radius 3 is 2.81 bits per heavy atom. The highest BCUT2D eigenvalue weighted by atomic mass is 32.2. The maximum atomic E-state index is 12.3. The molecule has 0 unspecified atom stereocenters. The van der Waals surface area contributed by atoms with Crippen molar-refractivity contribution < 1.29 is 14.3 Å². The minimum absolute atomic E-state index is 0.103. The number of imidazole rings is 1. The van der Waals surface area contributed by atoms with Gasteiger partial charge in [0.2, 0.25) is 5.91 Å². The van der Waals surface area contributed by atoms with Gasteiger partial charge in [0, 0.05) is 30.6 Å². The minimum atomic E-state index is -0.480. The number of piperidine rings is 1. The molecular formula is C23H28N4O3S. The molecule has 0 radical (unpaired) electrons. The van der Waals surface area contributed by atoms with E-state index in [4.69, 9.17) is 4.74 Å². The van der Waals surface area contributed by atoms with Gasteiger partial charge >= 0.3 is 6.09 Å². The fourth-order valence-corrected chi connectivity index (χ4v) is 4.69. The number of amides is 2. The van der Waals surface area contributed by atoms with Gasteiger partial charge in [0.05, 0.1) is 16.9 Å². The van der Waals surface area contributed by atoms with Crippen LogP contribution in [0.2, 0.25) is 0 Å². The molecule has 1 fully saturated rings. The molecule has 0 saturated carbocycles. The van der Waals surface area contributed by atoms with Crippen molar-refractivity contribution in [2.45, 2.75) is 44.2 Å². The van der Waals surface area contributed by atoms with Gasteiger partial charge in [-0.25, -0.2) is 9.78 Å². The minimum Gasteiger partial charge on any atom is -0.444 e. The van der Waals surface area contributed by atoms with Gasteiger partial charge < -0.3 is 15.0 Å². The number of pyridine rings is 1. The number of nitrogens with zero attached hydrogens (tertiary/aromatic N) is 3. The largest absolute Gasteiger partial charge is 0.444 e. The van der Waals surface area contributed by atoms with E-state index >= 15 is 0 Å². The maximum Gasteiger partial charge on any atom is 0.410 e. The Morgan fingerprint density at radius 1 is 1.29 bits per heavy atom. The lowest BCUT2D eigenvalue weighted by atomic mass is 9.97. The van der Waals surface area contributed by atoms with E-state index in [1.54, 1.807) is 22.7 Å². The first-order valence-electron chi connectivity index (χ1n) is 10.6. The zero-order valence-electron chi connectivity index (χ0n) is 18.1. The Kier molecular flexibility index (Phi) is 6.09. The van der Waals surface area contributed by atoms with E-state index in [0.717, 1.165) is 34.1 Å². The number of carbonyl (C=O) groups is 2. The van der Waals surface area contributed by atoms with Crippen molar-refractivity contribution in [2.24, 2.45) is 5.92 Å². The molecule has 0 aromatic carbocycles. The number of likely N-dealkylation sites (tertiary alicyclic amines) is 1. The van der Waals surface area contributed by atoms with Crippen LogP contribution in [0.3, 0.4) is 0 Å². The van der Waals surface area contributed by atoms with Gasteiger partial charge in [-0.3, -0.25) is 9.20 Å². The maximum absolute atomic E-state index is 12.3. The summed E-state index contributed by atoms with van der Waals surface area (Å²) < 4.78 is 7.53. The number of hydrogen-bond acceptors (Lipinski definition) is 5. The van der Waals surface area contributed by atoms with Crippen LogP contribution in [0.15, 0.2) is 46.5 Å². The number of rotatable bonds is 4. The van der Waals surface area contributed by atoms with Gasteiger partial charge in [0.15, 0.2) is 0 Å². The molecule has 31 heavy (non-hydrogen) atoms. The van der Waals surface area contributed by atoms with Crippen LogP contribution in [-0.2, 0) is 9.53 Å². The summed E-state index contributed by atoms with van der Waals surface area (Å²) in [6.45, 7) is 7.55. The van der Waals surface area contributed by atoms with Crippen molar-refractivity contribution in [2.75, 3.05) is 19.6 Å². The van der Waals surface area contributed by atoms with Crippen molar-refractivity contribution in [3.63, 3.8) is 0 Å². The van der Waals surface area contributed by atoms with Crippen LogP contribution in [0.25, 0.3) is 11.7 Å². The number of hydrogen-bond donors (Lipinski definition) is 1. The van der Waals surface area contributed by atoms with Gasteiger partial charge in [0.1, 0.15) is 11.2 Å². The van der Waals surface area contributed by atoms with E-state index in [-0.39, 0.29) is 12.0 Å². The molecule has 0 aliphatic carbocycles. The average molecular weight is 441 g/mol. The summed E-state index contributed by atoms with van der Waals surface area (Å²) >= 11 is 1.62. The molecule has 0 bridgehead atoms. The summed E-state index contributed by atoms with van der Waals surface area (Å²) in [5, 5.41) is 4.08. The zero-order chi connectivity index (χ0) is 22.0. The van der Waals surface area contributed by atoms with Crippen molar-refractivity contribution in [1.82, 2.24) is 19.6 Å². The fraction of sp³-hybridized carbons (Fsp3) is 0.435. The van der Waals surface area contributed by atoms with Crippen LogP contribution in [0.1, 0.15) is 39.3 Å². The highest BCUT2D eigenvalue weighted by molar-refractivity contribution is 8.03. The Bertz CT molecular complexity index is 1040. The summed E-state index contributed by atoms with van der Waals surface area (Å²) in [5.41, 5.74) is 1.46. The standard InChI is InChI=1S/C23H28N4O3S/c1-23(2,3)30-22(29)26-11-9-16(10-12-26)14-25-20(28)8-7-18-13-17-15-24-19-5-4-6-21(31-18)27(17)19/h4-8,13,15-16H,9-12,14H2,1-3H3,(H,25,28). The second-order valence-electron chi connectivity index (χ2n) is 8.88. The lowest BCUT2D eigenvalue weighted by Gasteiger charge is -2.33.